The molecule has 0 bridgehead atoms. The maximum atomic E-state index is 9.93. The Bertz CT molecular complexity index is 442. The lowest BCUT2D eigenvalue weighted by molar-refractivity contribution is 0.103. The second kappa shape index (κ2) is 7.51. The number of aliphatic hydroxyl groups excluding tert-OH is 1. The molecule has 1 aromatic rings. The lowest BCUT2D eigenvalue weighted by Gasteiger charge is -2.17. The van der Waals surface area contributed by atoms with Gasteiger partial charge in [-0.3, -0.25) is 0 Å². The first-order chi connectivity index (χ1) is 9.54. The smallest absolute Gasteiger partial charge is 0.139 e. The molecule has 0 saturated heterocycles. The van der Waals surface area contributed by atoms with Crippen LogP contribution in [-0.4, -0.2) is 30.4 Å². The molecule has 2 rings (SSSR count). The summed E-state index contributed by atoms with van der Waals surface area (Å²) in [5, 5.41) is 14.4. The maximum Gasteiger partial charge on any atom is 0.139 e. The van der Waals surface area contributed by atoms with E-state index in [1.54, 1.807) is 18.2 Å². The van der Waals surface area contributed by atoms with Crippen molar-refractivity contribution in [3.8, 4) is 5.75 Å². The fraction of sp³-hybridized carbons (Fsp3) is 0.600. The first-order valence-corrected chi connectivity index (χ1v) is 7.79. The second-order valence-electron chi connectivity index (χ2n) is 5.56. The number of benzene rings is 1. The van der Waals surface area contributed by atoms with Gasteiger partial charge in [-0.05, 0) is 37.3 Å². The lowest BCUT2D eigenvalue weighted by atomic mass is 10.1. The van der Waals surface area contributed by atoms with Crippen LogP contribution in [0.5, 0.6) is 5.75 Å². The van der Waals surface area contributed by atoms with Crippen molar-refractivity contribution in [3.05, 3.63) is 28.2 Å². The molecule has 2 N–H and O–H groups in total. The Balaban J connectivity index is 1.72. The van der Waals surface area contributed by atoms with Gasteiger partial charge in [0.15, 0.2) is 0 Å². The molecule has 1 aliphatic rings. The third kappa shape index (κ3) is 4.81. The zero-order valence-corrected chi connectivity index (χ0v) is 13.1. The van der Waals surface area contributed by atoms with Crippen LogP contribution >= 0.6 is 23.2 Å². The van der Waals surface area contributed by atoms with Gasteiger partial charge in [-0.1, -0.05) is 30.1 Å². The highest BCUT2D eigenvalue weighted by Crippen LogP contribution is 2.28. The van der Waals surface area contributed by atoms with E-state index in [2.05, 4.69) is 12.2 Å². The fourth-order valence-electron chi connectivity index (χ4n) is 2.53. The van der Waals surface area contributed by atoms with Crippen LogP contribution in [0.25, 0.3) is 0 Å². The molecule has 0 aliphatic heterocycles. The molecule has 0 radical (unpaired) electrons. The number of halogens is 2. The molecule has 1 aliphatic carbocycles. The predicted molar refractivity (Wildman–Crippen MR) is 82.8 cm³/mol. The maximum absolute atomic E-state index is 9.93. The van der Waals surface area contributed by atoms with Gasteiger partial charge in [0.25, 0.3) is 0 Å². The van der Waals surface area contributed by atoms with Crippen molar-refractivity contribution in [1.29, 1.82) is 0 Å². The number of hydrogen-bond donors (Lipinski definition) is 2. The first-order valence-electron chi connectivity index (χ1n) is 7.04. The number of nitrogens with one attached hydrogen (secondary N) is 1. The average molecular weight is 318 g/mol. The minimum Gasteiger partial charge on any atom is -0.489 e. The van der Waals surface area contributed by atoms with Gasteiger partial charge in [-0.15, -0.1) is 0 Å². The average Bonchev–Trinajstić information content (AvgIpc) is 2.83. The van der Waals surface area contributed by atoms with Gasteiger partial charge in [-0.2, -0.15) is 0 Å². The molecule has 1 fully saturated rings. The quantitative estimate of drug-likeness (QED) is 0.843. The Morgan fingerprint density at radius 1 is 1.40 bits per heavy atom. The van der Waals surface area contributed by atoms with Crippen molar-refractivity contribution in [2.75, 3.05) is 13.2 Å². The van der Waals surface area contributed by atoms with Gasteiger partial charge in [0.2, 0.25) is 0 Å². The fourth-order valence-corrected chi connectivity index (χ4v) is 2.86. The molecule has 5 heteroatoms. The summed E-state index contributed by atoms with van der Waals surface area (Å²) in [5.74, 6) is 1.29. The zero-order valence-electron chi connectivity index (χ0n) is 11.6. The Hall–Kier alpha value is -0.480. The van der Waals surface area contributed by atoms with E-state index in [1.165, 1.54) is 19.3 Å². The zero-order chi connectivity index (χ0) is 14.5. The molecule has 1 saturated carbocycles. The monoisotopic (exact) mass is 317 g/mol. The highest BCUT2D eigenvalue weighted by Gasteiger charge is 2.21. The van der Waals surface area contributed by atoms with Crippen LogP contribution < -0.4 is 10.1 Å². The van der Waals surface area contributed by atoms with E-state index >= 15 is 0 Å². The van der Waals surface area contributed by atoms with E-state index in [0.717, 1.165) is 5.92 Å². The van der Waals surface area contributed by atoms with Crippen molar-refractivity contribution in [2.24, 2.45) is 5.92 Å². The second-order valence-corrected chi connectivity index (χ2v) is 6.41. The van der Waals surface area contributed by atoms with Crippen LogP contribution in [0.3, 0.4) is 0 Å². The molecule has 112 valence electrons. The minimum atomic E-state index is -0.555. The summed E-state index contributed by atoms with van der Waals surface area (Å²) < 4.78 is 5.51. The molecule has 3 nitrogen and oxygen atoms in total. The molecular weight excluding hydrogens is 297 g/mol. The highest BCUT2D eigenvalue weighted by atomic mass is 35.5. The Morgan fingerprint density at radius 2 is 2.20 bits per heavy atom. The number of hydrogen-bond acceptors (Lipinski definition) is 3. The van der Waals surface area contributed by atoms with E-state index in [9.17, 15) is 5.11 Å². The molecule has 1 aromatic carbocycles. The summed E-state index contributed by atoms with van der Waals surface area (Å²) >= 11 is 11.9. The minimum absolute atomic E-state index is 0.204. The van der Waals surface area contributed by atoms with Crippen LogP contribution in [0, 0.1) is 5.92 Å². The summed E-state index contributed by atoms with van der Waals surface area (Å²) in [7, 11) is 0. The van der Waals surface area contributed by atoms with Crippen LogP contribution in [0.15, 0.2) is 18.2 Å². The molecule has 0 heterocycles. The van der Waals surface area contributed by atoms with Crippen LogP contribution in [0.2, 0.25) is 10.0 Å². The Morgan fingerprint density at radius 3 is 2.90 bits per heavy atom. The third-order valence-electron chi connectivity index (χ3n) is 3.66. The van der Waals surface area contributed by atoms with E-state index in [0.29, 0.717) is 28.4 Å². The van der Waals surface area contributed by atoms with E-state index in [-0.39, 0.29) is 6.61 Å². The topological polar surface area (TPSA) is 41.5 Å². The molecule has 20 heavy (non-hydrogen) atoms. The summed E-state index contributed by atoms with van der Waals surface area (Å²) in [6.07, 6.45) is 3.09. The van der Waals surface area contributed by atoms with E-state index < -0.39 is 6.10 Å². The summed E-state index contributed by atoms with van der Waals surface area (Å²) in [5.41, 5.74) is 0. The van der Waals surface area contributed by atoms with Crippen LogP contribution in [-0.2, 0) is 0 Å². The van der Waals surface area contributed by atoms with Gasteiger partial charge < -0.3 is 15.2 Å². The first kappa shape index (κ1) is 15.9. The van der Waals surface area contributed by atoms with Crippen LogP contribution in [0.1, 0.15) is 26.2 Å². The van der Waals surface area contributed by atoms with Gasteiger partial charge >= 0.3 is 0 Å². The Kier molecular flexibility index (Phi) is 5.97. The summed E-state index contributed by atoms with van der Waals surface area (Å²) in [4.78, 5) is 0. The largest absolute Gasteiger partial charge is 0.489 e. The highest BCUT2D eigenvalue weighted by molar-refractivity contribution is 6.34. The summed E-state index contributed by atoms with van der Waals surface area (Å²) in [6.45, 7) is 3.01. The van der Waals surface area contributed by atoms with Crippen molar-refractivity contribution < 1.29 is 9.84 Å². The van der Waals surface area contributed by atoms with Crippen molar-refractivity contribution in [3.63, 3.8) is 0 Å². The molecule has 3 unspecified atom stereocenters. The van der Waals surface area contributed by atoms with E-state index in [1.807, 2.05) is 0 Å². The molecule has 0 amide bonds. The number of rotatable bonds is 6. The van der Waals surface area contributed by atoms with E-state index in [4.69, 9.17) is 27.9 Å². The van der Waals surface area contributed by atoms with Crippen molar-refractivity contribution in [2.45, 2.75) is 38.3 Å². The number of ether oxygens (including phenoxy) is 1. The Labute approximate surface area is 130 Å². The molecular formula is C15H21Cl2NO2. The third-order valence-corrected chi connectivity index (χ3v) is 4.21. The molecule has 0 aromatic heterocycles. The van der Waals surface area contributed by atoms with Gasteiger partial charge in [0, 0.05) is 23.7 Å². The van der Waals surface area contributed by atoms with Gasteiger partial charge in [-0.25, -0.2) is 0 Å². The van der Waals surface area contributed by atoms with Crippen molar-refractivity contribution in [1.82, 2.24) is 5.32 Å². The number of aliphatic hydroxyl groups is 1. The van der Waals surface area contributed by atoms with Gasteiger partial charge in [0.05, 0.1) is 5.02 Å². The van der Waals surface area contributed by atoms with Gasteiger partial charge in [0.1, 0.15) is 18.5 Å². The molecule has 0 spiro atoms. The SMILES string of the molecule is CC1CCC(NCC(O)COc2cc(Cl)ccc2Cl)C1. The predicted octanol–water partition coefficient (Wildman–Crippen LogP) is 3.51. The molecule has 3 atom stereocenters. The van der Waals surface area contributed by atoms with Crippen molar-refractivity contribution >= 4 is 23.2 Å². The normalized spacial score (nSPS) is 23.8. The lowest BCUT2D eigenvalue weighted by Crippen LogP contribution is -2.36. The summed E-state index contributed by atoms with van der Waals surface area (Å²) in [6, 6.07) is 5.57. The standard InChI is InChI=1S/C15H21Cl2NO2/c1-10-2-4-12(6-10)18-8-13(19)9-20-15-7-11(16)3-5-14(15)17/h3,5,7,10,12-13,18-19H,2,4,6,8-9H2,1H3. The van der Waals surface area contributed by atoms with Crippen LogP contribution in [0.4, 0.5) is 0 Å².